The molecule has 130 valence electrons. The highest BCUT2D eigenvalue weighted by atomic mass is 35.5. The Kier molecular flexibility index (Phi) is 5.88. The van der Waals surface area contributed by atoms with E-state index in [2.05, 4.69) is 5.32 Å². The Morgan fingerprint density at radius 1 is 1.16 bits per heavy atom. The minimum absolute atomic E-state index is 0.146. The zero-order valence-electron chi connectivity index (χ0n) is 13.5. The molecular weight excluding hydrogens is 349 g/mol. The molecule has 0 bridgehead atoms. The largest absolute Gasteiger partial charge is 0.449 e. The first-order chi connectivity index (χ1) is 11.8. The summed E-state index contributed by atoms with van der Waals surface area (Å²) < 4.78 is 18.6. The van der Waals surface area contributed by atoms with Gasteiger partial charge in [0, 0.05) is 16.3 Å². The molecule has 7 heteroatoms. The van der Waals surface area contributed by atoms with Crippen molar-refractivity contribution in [1.82, 2.24) is 0 Å². The zero-order valence-corrected chi connectivity index (χ0v) is 14.3. The van der Waals surface area contributed by atoms with Crippen LogP contribution in [-0.4, -0.2) is 23.8 Å². The average molecular weight is 364 g/mol. The number of halogens is 2. The van der Waals surface area contributed by atoms with Crippen molar-refractivity contribution in [2.75, 3.05) is 5.32 Å². The molecular formula is C18H15ClFNO4. The number of hydrogen-bond acceptors (Lipinski definition) is 4. The first-order valence-corrected chi connectivity index (χ1v) is 7.73. The SMILES string of the molecule is CC(=O)c1cccc(NC(=O)[C@@H](C)OC(=O)c2cc(Cl)ccc2F)c1. The van der Waals surface area contributed by atoms with E-state index in [1.54, 1.807) is 18.2 Å². The molecule has 0 heterocycles. The highest BCUT2D eigenvalue weighted by Gasteiger charge is 2.21. The fraction of sp³-hybridized carbons (Fsp3) is 0.167. The third-order valence-electron chi connectivity index (χ3n) is 3.34. The molecule has 2 aromatic rings. The first-order valence-electron chi connectivity index (χ1n) is 7.36. The molecule has 0 fully saturated rings. The van der Waals surface area contributed by atoms with Crippen LogP contribution in [0.2, 0.25) is 5.02 Å². The van der Waals surface area contributed by atoms with Crippen molar-refractivity contribution in [3.05, 3.63) is 64.4 Å². The fourth-order valence-electron chi connectivity index (χ4n) is 1.99. The number of ether oxygens (including phenoxy) is 1. The number of benzene rings is 2. The Bertz CT molecular complexity index is 838. The molecule has 2 rings (SSSR count). The van der Waals surface area contributed by atoms with Crippen LogP contribution in [0.3, 0.4) is 0 Å². The summed E-state index contributed by atoms with van der Waals surface area (Å²) in [5.41, 5.74) is 0.462. The summed E-state index contributed by atoms with van der Waals surface area (Å²) in [5.74, 6) is -2.56. The number of anilines is 1. The maximum atomic E-state index is 13.6. The molecule has 25 heavy (non-hydrogen) atoms. The molecule has 1 atom stereocenters. The molecule has 1 N–H and O–H groups in total. The van der Waals surface area contributed by atoms with Crippen LogP contribution in [-0.2, 0) is 9.53 Å². The van der Waals surface area contributed by atoms with E-state index in [0.717, 1.165) is 12.1 Å². The molecule has 0 radical (unpaired) electrons. The molecule has 0 aliphatic rings. The van der Waals surface area contributed by atoms with Crippen LogP contribution in [0.5, 0.6) is 0 Å². The van der Waals surface area contributed by atoms with Crippen LogP contribution in [0.25, 0.3) is 0 Å². The van der Waals surface area contributed by atoms with E-state index >= 15 is 0 Å². The van der Waals surface area contributed by atoms with Gasteiger partial charge in [0.25, 0.3) is 5.91 Å². The van der Waals surface area contributed by atoms with Crippen LogP contribution < -0.4 is 5.32 Å². The Hall–Kier alpha value is -2.73. The van der Waals surface area contributed by atoms with E-state index in [-0.39, 0.29) is 16.4 Å². The predicted octanol–water partition coefficient (Wildman–Crippen LogP) is 3.87. The lowest BCUT2D eigenvalue weighted by atomic mass is 10.1. The second-order valence-corrected chi connectivity index (χ2v) is 5.73. The second-order valence-electron chi connectivity index (χ2n) is 5.30. The fourth-order valence-corrected chi connectivity index (χ4v) is 2.16. The Balaban J connectivity index is 2.05. The van der Waals surface area contributed by atoms with Gasteiger partial charge in [0.1, 0.15) is 5.82 Å². The third-order valence-corrected chi connectivity index (χ3v) is 3.57. The zero-order chi connectivity index (χ0) is 18.6. The van der Waals surface area contributed by atoms with Crippen LogP contribution in [0, 0.1) is 5.82 Å². The van der Waals surface area contributed by atoms with Crippen molar-refractivity contribution >= 4 is 34.9 Å². The monoisotopic (exact) mass is 363 g/mol. The van der Waals surface area contributed by atoms with E-state index in [1.165, 1.54) is 26.0 Å². The maximum absolute atomic E-state index is 13.6. The predicted molar refractivity (Wildman–Crippen MR) is 91.4 cm³/mol. The van der Waals surface area contributed by atoms with Crippen molar-refractivity contribution in [2.45, 2.75) is 20.0 Å². The van der Waals surface area contributed by atoms with Crippen LogP contribution in [0.4, 0.5) is 10.1 Å². The number of Topliss-reactive ketones (excluding diaryl/α,β-unsaturated/α-hetero) is 1. The van der Waals surface area contributed by atoms with E-state index in [1.807, 2.05) is 0 Å². The summed E-state index contributed by atoms with van der Waals surface area (Å²) in [6.07, 6.45) is -1.17. The lowest BCUT2D eigenvalue weighted by Gasteiger charge is -2.14. The molecule has 0 aliphatic carbocycles. The van der Waals surface area contributed by atoms with Gasteiger partial charge in [-0.25, -0.2) is 9.18 Å². The lowest BCUT2D eigenvalue weighted by molar-refractivity contribution is -0.123. The van der Waals surface area contributed by atoms with Crippen LogP contribution in [0.1, 0.15) is 34.6 Å². The third kappa shape index (κ3) is 4.87. The van der Waals surface area contributed by atoms with Crippen LogP contribution >= 0.6 is 11.6 Å². The van der Waals surface area contributed by atoms with Crippen molar-refractivity contribution in [2.24, 2.45) is 0 Å². The van der Waals surface area contributed by atoms with E-state index in [9.17, 15) is 18.8 Å². The minimum atomic E-state index is -1.17. The quantitative estimate of drug-likeness (QED) is 0.646. The highest BCUT2D eigenvalue weighted by Crippen LogP contribution is 2.17. The minimum Gasteiger partial charge on any atom is -0.449 e. The van der Waals surface area contributed by atoms with Crippen molar-refractivity contribution < 1.29 is 23.5 Å². The summed E-state index contributed by atoms with van der Waals surface area (Å²) in [4.78, 5) is 35.5. The standard InChI is InChI=1S/C18H15ClFNO4/c1-10(22)12-4-3-5-14(8-12)21-17(23)11(2)25-18(24)15-9-13(19)6-7-16(15)20/h3-9,11H,1-2H3,(H,21,23)/t11-/m1/s1. The summed E-state index contributed by atoms with van der Waals surface area (Å²) in [6.45, 7) is 2.76. The van der Waals surface area contributed by atoms with Gasteiger partial charge in [0.15, 0.2) is 11.9 Å². The summed E-state index contributed by atoms with van der Waals surface area (Å²) in [7, 11) is 0. The van der Waals surface area contributed by atoms with E-state index in [0.29, 0.717) is 11.3 Å². The molecule has 0 aromatic heterocycles. The van der Waals surface area contributed by atoms with E-state index < -0.39 is 23.8 Å². The topological polar surface area (TPSA) is 72.5 Å². The average Bonchev–Trinajstić information content (AvgIpc) is 2.57. The summed E-state index contributed by atoms with van der Waals surface area (Å²) in [5, 5.41) is 2.70. The van der Waals surface area contributed by atoms with Gasteiger partial charge < -0.3 is 10.1 Å². The Labute approximate surface area is 148 Å². The number of carbonyl (C=O) groups excluding carboxylic acids is 3. The highest BCUT2D eigenvalue weighted by molar-refractivity contribution is 6.30. The number of hydrogen-bond donors (Lipinski definition) is 1. The smallest absolute Gasteiger partial charge is 0.341 e. The maximum Gasteiger partial charge on any atom is 0.341 e. The lowest BCUT2D eigenvalue weighted by Crippen LogP contribution is -2.30. The van der Waals surface area contributed by atoms with Gasteiger partial charge in [-0.2, -0.15) is 0 Å². The van der Waals surface area contributed by atoms with Gasteiger partial charge in [0.2, 0.25) is 0 Å². The number of rotatable bonds is 5. The Morgan fingerprint density at radius 3 is 2.56 bits per heavy atom. The number of carbonyl (C=O) groups is 3. The molecule has 0 saturated carbocycles. The van der Waals surface area contributed by atoms with Gasteiger partial charge in [-0.15, -0.1) is 0 Å². The molecule has 0 unspecified atom stereocenters. The normalized spacial score (nSPS) is 11.5. The number of esters is 1. The molecule has 0 aliphatic heterocycles. The molecule has 2 aromatic carbocycles. The molecule has 5 nitrogen and oxygen atoms in total. The van der Waals surface area contributed by atoms with Crippen molar-refractivity contribution in [1.29, 1.82) is 0 Å². The number of nitrogens with one attached hydrogen (secondary N) is 1. The molecule has 0 spiro atoms. The van der Waals surface area contributed by atoms with Gasteiger partial charge in [-0.1, -0.05) is 23.7 Å². The van der Waals surface area contributed by atoms with Crippen LogP contribution in [0.15, 0.2) is 42.5 Å². The van der Waals surface area contributed by atoms with E-state index in [4.69, 9.17) is 16.3 Å². The van der Waals surface area contributed by atoms with Gasteiger partial charge >= 0.3 is 5.97 Å². The molecule has 1 amide bonds. The number of amides is 1. The van der Waals surface area contributed by atoms with Gasteiger partial charge in [-0.3, -0.25) is 9.59 Å². The van der Waals surface area contributed by atoms with Crippen molar-refractivity contribution in [3.8, 4) is 0 Å². The van der Waals surface area contributed by atoms with Gasteiger partial charge in [-0.05, 0) is 44.2 Å². The second kappa shape index (κ2) is 7.90. The summed E-state index contributed by atoms with van der Waals surface area (Å²) >= 11 is 5.73. The van der Waals surface area contributed by atoms with Crippen molar-refractivity contribution in [3.63, 3.8) is 0 Å². The summed E-state index contributed by atoms with van der Waals surface area (Å²) in [6, 6.07) is 9.79. The first kappa shape index (κ1) is 18.6. The molecule has 0 saturated heterocycles. The Morgan fingerprint density at radius 2 is 1.88 bits per heavy atom. The van der Waals surface area contributed by atoms with Gasteiger partial charge in [0.05, 0.1) is 5.56 Å². The number of ketones is 1.